The minimum atomic E-state index is -0.985. The van der Waals surface area contributed by atoms with E-state index in [4.69, 9.17) is 9.47 Å². The van der Waals surface area contributed by atoms with Gasteiger partial charge < -0.3 is 14.8 Å². The Kier molecular flexibility index (Phi) is 9.12. The predicted molar refractivity (Wildman–Crippen MR) is 128 cm³/mol. The zero-order valence-corrected chi connectivity index (χ0v) is 20.0. The summed E-state index contributed by atoms with van der Waals surface area (Å²) < 4.78 is 9.97. The van der Waals surface area contributed by atoms with Crippen LogP contribution in [0.25, 0.3) is 6.08 Å². The Bertz CT molecular complexity index is 1050. The number of esters is 1. The molecule has 8 nitrogen and oxygen atoms in total. The van der Waals surface area contributed by atoms with E-state index in [0.29, 0.717) is 11.3 Å². The summed E-state index contributed by atoms with van der Waals surface area (Å²) in [5, 5.41) is 4.63. The van der Waals surface area contributed by atoms with Gasteiger partial charge in [0, 0.05) is 11.6 Å². The maximum absolute atomic E-state index is 12.2. The number of carbonyl (C=O) groups is 4. The van der Waals surface area contributed by atoms with Crippen molar-refractivity contribution < 1.29 is 28.7 Å². The van der Waals surface area contributed by atoms with E-state index >= 15 is 0 Å². The van der Waals surface area contributed by atoms with E-state index < -0.39 is 36.3 Å². The van der Waals surface area contributed by atoms with Crippen LogP contribution in [0.1, 0.15) is 49.2 Å². The second kappa shape index (κ2) is 11.8. The van der Waals surface area contributed by atoms with E-state index in [1.807, 2.05) is 12.1 Å². The van der Waals surface area contributed by atoms with E-state index in [1.54, 1.807) is 49.6 Å². The summed E-state index contributed by atoms with van der Waals surface area (Å²) >= 11 is 0. The number of hydrogen-bond acceptors (Lipinski definition) is 6. The van der Waals surface area contributed by atoms with Crippen LogP contribution in [0.3, 0.4) is 0 Å². The molecular formula is C26H30N2O6. The fraction of sp³-hybridized carbons (Fsp3) is 0.308. The highest BCUT2D eigenvalue weighted by atomic mass is 16.5. The standard InChI is InChI=1S/C26H30N2O6/c1-17(27-22(29)15-8-18-6-13-21(33-5)14-7-18)25(32)34-16-23(30)28-24(31)19-9-11-20(12-10-19)26(2,3)4/h6-15,17H,16H2,1-5H3,(H,27,29)(H,28,30,31)/b15-8+. The van der Waals surface area contributed by atoms with E-state index in [0.717, 1.165) is 11.1 Å². The van der Waals surface area contributed by atoms with Gasteiger partial charge in [0.25, 0.3) is 11.8 Å². The molecule has 0 aliphatic heterocycles. The van der Waals surface area contributed by atoms with Crippen LogP contribution in [0.2, 0.25) is 0 Å². The topological polar surface area (TPSA) is 111 Å². The summed E-state index contributed by atoms with van der Waals surface area (Å²) in [6.07, 6.45) is 2.86. The van der Waals surface area contributed by atoms with Crippen molar-refractivity contribution >= 4 is 29.8 Å². The van der Waals surface area contributed by atoms with E-state index in [2.05, 4.69) is 31.4 Å². The second-order valence-electron chi connectivity index (χ2n) is 8.65. The van der Waals surface area contributed by atoms with Gasteiger partial charge in [0.1, 0.15) is 11.8 Å². The van der Waals surface area contributed by atoms with Crippen molar-refractivity contribution in [3.8, 4) is 5.75 Å². The molecule has 0 heterocycles. The maximum atomic E-state index is 12.2. The third-order valence-electron chi connectivity index (χ3n) is 4.87. The Morgan fingerprint density at radius 2 is 1.59 bits per heavy atom. The molecule has 0 spiro atoms. The van der Waals surface area contributed by atoms with Gasteiger partial charge in [-0.1, -0.05) is 45.0 Å². The quantitative estimate of drug-likeness (QED) is 0.457. The first kappa shape index (κ1) is 26.3. The summed E-state index contributed by atoms with van der Waals surface area (Å²) in [6, 6.07) is 13.0. The van der Waals surface area contributed by atoms with Gasteiger partial charge in [-0.2, -0.15) is 0 Å². The molecule has 0 aromatic heterocycles. The average molecular weight is 467 g/mol. The van der Waals surface area contributed by atoms with E-state index in [-0.39, 0.29) is 5.41 Å². The molecule has 0 aliphatic carbocycles. The molecule has 2 aromatic rings. The van der Waals surface area contributed by atoms with Crippen LogP contribution in [0.5, 0.6) is 5.75 Å². The summed E-state index contributed by atoms with van der Waals surface area (Å²) in [5.41, 5.74) is 2.09. The number of methoxy groups -OCH3 is 1. The number of amides is 3. The SMILES string of the molecule is COc1ccc(/C=C/C(=O)NC(C)C(=O)OCC(=O)NC(=O)c2ccc(C(C)(C)C)cc2)cc1. The van der Waals surface area contributed by atoms with Gasteiger partial charge in [0.2, 0.25) is 5.91 Å². The van der Waals surface area contributed by atoms with Gasteiger partial charge in [-0.05, 0) is 53.8 Å². The lowest BCUT2D eigenvalue weighted by Gasteiger charge is -2.19. The predicted octanol–water partition coefficient (Wildman–Crippen LogP) is 3.01. The minimum absolute atomic E-state index is 0.0589. The highest BCUT2D eigenvalue weighted by Gasteiger charge is 2.19. The second-order valence-corrected chi connectivity index (χ2v) is 8.65. The maximum Gasteiger partial charge on any atom is 0.328 e. The molecule has 180 valence electrons. The number of ether oxygens (including phenoxy) is 2. The Morgan fingerprint density at radius 3 is 2.15 bits per heavy atom. The van der Waals surface area contributed by atoms with Crippen molar-refractivity contribution in [2.45, 2.75) is 39.2 Å². The lowest BCUT2D eigenvalue weighted by atomic mass is 9.87. The average Bonchev–Trinajstić information content (AvgIpc) is 2.81. The first-order chi connectivity index (χ1) is 16.0. The highest BCUT2D eigenvalue weighted by molar-refractivity contribution is 6.05. The molecule has 0 radical (unpaired) electrons. The van der Waals surface area contributed by atoms with Gasteiger partial charge in [0.05, 0.1) is 7.11 Å². The van der Waals surface area contributed by atoms with E-state index in [9.17, 15) is 19.2 Å². The van der Waals surface area contributed by atoms with Gasteiger partial charge in [-0.15, -0.1) is 0 Å². The van der Waals surface area contributed by atoms with Crippen molar-refractivity contribution in [2.24, 2.45) is 0 Å². The number of nitrogens with one attached hydrogen (secondary N) is 2. The molecule has 1 atom stereocenters. The molecule has 2 N–H and O–H groups in total. The number of hydrogen-bond donors (Lipinski definition) is 2. The highest BCUT2D eigenvalue weighted by Crippen LogP contribution is 2.22. The van der Waals surface area contributed by atoms with Crippen molar-refractivity contribution in [3.63, 3.8) is 0 Å². The van der Waals surface area contributed by atoms with Crippen molar-refractivity contribution in [3.05, 3.63) is 71.3 Å². The molecule has 0 aliphatic rings. The van der Waals surface area contributed by atoms with Crippen molar-refractivity contribution in [2.75, 3.05) is 13.7 Å². The Hall–Kier alpha value is -3.94. The van der Waals surface area contributed by atoms with Crippen LogP contribution < -0.4 is 15.4 Å². The largest absolute Gasteiger partial charge is 0.497 e. The molecule has 2 aromatic carbocycles. The van der Waals surface area contributed by atoms with Gasteiger partial charge >= 0.3 is 5.97 Å². The van der Waals surface area contributed by atoms with Crippen LogP contribution in [0.15, 0.2) is 54.6 Å². The molecule has 3 amide bonds. The normalized spacial score (nSPS) is 12.0. The van der Waals surface area contributed by atoms with Crippen molar-refractivity contribution in [1.29, 1.82) is 0 Å². The smallest absolute Gasteiger partial charge is 0.328 e. The third kappa shape index (κ3) is 8.20. The molecular weight excluding hydrogens is 436 g/mol. The molecule has 2 rings (SSSR count). The number of benzene rings is 2. The molecule has 0 saturated carbocycles. The molecule has 8 heteroatoms. The molecule has 0 fully saturated rings. The molecule has 0 saturated heterocycles. The lowest BCUT2D eigenvalue weighted by Crippen LogP contribution is -2.41. The summed E-state index contributed by atoms with van der Waals surface area (Å²) in [5.74, 6) is -1.97. The van der Waals surface area contributed by atoms with Gasteiger partial charge in [-0.25, -0.2) is 4.79 Å². The number of carbonyl (C=O) groups excluding carboxylic acids is 4. The van der Waals surface area contributed by atoms with Crippen LogP contribution in [-0.4, -0.2) is 43.4 Å². The van der Waals surface area contributed by atoms with Gasteiger partial charge in [0.15, 0.2) is 6.61 Å². The number of imide groups is 1. The van der Waals surface area contributed by atoms with E-state index in [1.165, 1.54) is 13.0 Å². The first-order valence-electron chi connectivity index (χ1n) is 10.7. The van der Waals surface area contributed by atoms with Crippen LogP contribution in [0, 0.1) is 0 Å². The Balaban J connectivity index is 1.78. The first-order valence-corrected chi connectivity index (χ1v) is 10.7. The summed E-state index contributed by atoms with van der Waals surface area (Å²) in [6.45, 7) is 6.95. The molecule has 1 unspecified atom stereocenters. The lowest BCUT2D eigenvalue weighted by molar-refractivity contribution is -0.150. The third-order valence-corrected chi connectivity index (χ3v) is 4.87. The summed E-state index contributed by atoms with van der Waals surface area (Å²) in [4.78, 5) is 48.3. The molecule has 0 bridgehead atoms. The van der Waals surface area contributed by atoms with Crippen LogP contribution >= 0.6 is 0 Å². The fourth-order valence-electron chi connectivity index (χ4n) is 2.83. The minimum Gasteiger partial charge on any atom is -0.497 e. The molecule has 34 heavy (non-hydrogen) atoms. The monoisotopic (exact) mass is 466 g/mol. The van der Waals surface area contributed by atoms with Crippen LogP contribution in [0.4, 0.5) is 0 Å². The number of rotatable bonds is 8. The Morgan fingerprint density at radius 1 is 0.971 bits per heavy atom. The zero-order chi connectivity index (χ0) is 25.3. The van der Waals surface area contributed by atoms with Crippen LogP contribution in [-0.2, 0) is 24.5 Å². The fourth-order valence-corrected chi connectivity index (χ4v) is 2.83. The van der Waals surface area contributed by atoms with Gasteiger partial charge in [-0.3, -0.25) is 19.7 Å². The Labute approximate surface area is 199 Å². The van der Waals surface area contributed by atoms with Crippen molar-refractivity contribution in [1.82, 2.24) is 10.6 Å². The zero-order valence-electron chi connectivity index (χ0n) is 20.0. The summed E-state index contributed by atoms with van der Waals surface area (Å²) in [7, 11) is 1.56.